The third-order valence-electron chi connectivity index (χ3n) is 5.65. The van der Waals surface area contributed by atoms with E-state index in [0.29, 0.717) is 19.6 Å². The molecule has 0 saturated carbocycles. The van der Waals surface area contributed by atoms with Gasteiger partial charge in [-0.3, -0.25) is 4.79 Å². The molecule has 0 aliphatic heterocycles. The van der Waals surface area contributed by atoms with Crippen LogP contribution in [0.15, 0.2) is 48.5 Å². The highest BCUT2D eigenvalue weighted by molar-refractivity contribution is 5.79. The number of alkyl carbamates (subject to hydrolysis) is 1. The van der Waals surface area contributed by atoms with E-state index in [-0.39, 0.29) is 18.5 Å². The highest BCUT2D eigenvalue weighted by Crippen LogP contribution is 2.44. The molecule has 0 atom stereocenters. The Morgan fingerprint density at radius 2 is 1.57 bits per heavy atom. The maximum Gasteiger partial charge on any atom is 0.407 e. The Hall–Kier alpha value is -2.82. The van der Waals surface area contributed by atoms with Crippen LogP contribution in [0, 0.1) is 5.41 Å². The summed E-state index contributed by atoms with van der Waals surface area (Å²) in [5.74, 6) is -0.196. The Balaban J connectivity index is 1.49. The van der Waals surface area contributed by atoms with Crippen molar-refractivity contribution in [3.05, 3.63) is 59.7 Å². The number of amides is 1. The standard InChI is InChI=1S/C25H31NO4/c1-4-5-16-29-23(27)25(2,3)14-15-26-24(28)30-17-22-20-12-8-6-10-18(20)19-11-7-9-13-21(19)22/h6-13,22H,4-5,14-17H2,1-3H3,(H,26,28). The first-order valence-electron chi connectivity index (χ1n) is 10.7. The lowest BCUT2D eigenvalue weighted by atomic mass is 9.89. The van der Waals surface area contributed by atoms with Crippen LogP contribution >= 0.6 is 0 Å². The Morgan fingerprint density at radius 1 is 0.967 bits per heavy atom. The molecule has 30 heavy (non-hydrogen) atoms. The van der Waals surface area contributed by atoms with E-state index in [1.54, 1.807) is 0 Å². The third-order valence-corrected chi connectivity index (χ3v) is 5.65. The normalized spacial score (nSPS) is 12.8. The molecule has 5 heteroatoms. The van der Waals surface area contributed by atoms with Gasteiger partial charge in [0.2, 0.25) is 0 Å². The number of hydrogen-bond acceptors (Lipinski definition) is 4. The average molecular weight is 410 g/mol. The summed E-state index contributed by atoms with van der Waals surface area (Å²) in [5.41, 5.74) is 4.12. The molecule has 2 aromatic carbocycles. The predicted molar refractivity (Wildman–Crippen MR) is 117 cm³/mol. The summed E-state index contributed by atoms with van der Waals surface area (Å²) in [7, 11) is 0. The zero-order valence-corrected chi connectivity index (χ0v) is 18.1. The van der Waals surface area contributed by atoms with Crippen LogP contribution in [-0.4, -0.2) is 31.8 Å². The summed E-state index contributed by atoms with van der Waals surface area (Å²) in [5, 5.41) is 2.76. The van der Waals surface area contributed by atoms with Gasteiger partial charge in [-0.1, -0.05) is 61.9 Å². The second-order valence-electron chi connectivity index (χ2n) is 8.38. The largest absolute Gasteiger partial charge is 0.465 e. The van der Waals surface area contributed by atoms with E-state index in [9.17, 15) is 9.59 Å². The van der Waals surface area contributed by atoms with Crippen molar-refractivity contribution >= 4 is 12.1 Å². The van der Waals surface area contributed by atoms with Crippen LogP contribution in [0.4, 0.5) is 4.79 Å². The van der Waals surface area contributed by atoms with E-state index in [1.165, 1.54) is 22.3 Å². The average Bonchev–Trinajstić information content (AvgIpc) is 3.06. The zero-order valence-electron chi connectivity index (χ0n) is 18.1. The molecule has 0 spiro atoms. The van der Waals surface area contributed by atoms with Crippen LogP contribution in [0.1, 0.15) is 57.1 Å². The molecule has 0 radical (unpaired) electrons. The Labute approximate surface area is 178 Å². The molecule has 1 N–H and O–H groups in total. The summed E-state index contributed by atoms with van der Waals surface area (Å²) >= 11 is 0. The van der Waals surface area contributed by atoms with Crippen LogP contribution in [0.25, 0.3) is 11.1 Å². The van der Waals surface area contributed by atoms with Gasteiger partial charge in [-0.2, -0.15) is 0 Å². The number of carbonyl (C=O) groups excluding carboxylic acids is 2. The summed E-state index contributed by atoms with van der Waals surface area (Å²) < 4.78 is 10.8. The van der Waals surface area contributed by atoms with E-state index >= 15 is 0 Å². The molecule has 1 amide bonds. The molecule has 1 aliphatic carbocycles. The van der Waals surface area contributed by atoms with Crippen molar-refractivity contribution in [3.63, 3.8) is 0 Å². The highest BCUT2D eigenvalue weighted by atomic mass is 16.5. The third kappa shape index (κ3) is 5.02. The lowest BCUT2D eigenvalue weighted by molar-refractivity contribution is -0.154. The lowest BCUT2D eigenvalue weighted by Gasteiger charge is -2.22. The number of carbonyl (C=O) groups is 2. The molecule has 0 unspecified atom stereocenters. The van der Waals surface area contributed by atoms with Gasteiger partial charge < -0.3 is 14.8 Å². The van der Waals surface area contributed by atoms with Gasteiger partial charge in [-0.25, -0.2) is 4.79 Å². The molecule has 2 aromatic rings. The molecule has 0 heterocycles. The van der Waals surface area contributed by atoms with Crippen molar-refractivity contribution in [3.8, 4) is 11.1 Å². The first kappa shape index (κ1) is 21.9. The topological polar surface area (TPSA) is 64.6 Å². The first-order chi connectivity index (χ1) is 14.4. The van der Waals surface area contributed by atoms with Crippen molar-refractivity contribution in [2.75, 3.05) is 19.8 Å². The van der Waals surface area contributed by atoms with Gasteiger partial charge in [0, 0.05) is 12.5 Å². The molecule has 160 valence electrons. The minimum absolute atomic E-state index is 0.0353. The molecule has 0 saturated heterocycles. The molecular formula is C25H31NO4. The van der Waals surface area contributed by atoms with Crippen molar-refractivity contribution in [1.29, 1.82) is 0 Å². The molecule has 0 bridgehead atoms. The second-order valence-corrected chi connectivity index (χ2v) is 8.38. The number of rotatable bonds is 9. The Kier molecular flexibility index (Phi) is 7.14. The van der Waals surface area contributed by atoms with Crippen molar-refractivity contribution in [2.24, 2.45) is 5.41 Å². The van der Waals surface area contributed by atoms with E-state index < -0.39 is 11.5 Å². The number of nitrogens with one attached hydrogen (secondary N) is 1. The lowest BCUT2D eigenvalue weighted by Crippen LogP contribution is -2.34. The molecule has 5 nitrogen and oxygen atoms in total. The molecule has 3 rings (SSSR count). The fraction of sp³-hybridized carbons (Fsp3) is 0.440. The van der Waals surface area contributed by atoms with Gasteiger partial charge in [0.25, 0.3) is 0 Å². The van der Waals surface area contributed by atoms with E-state index in [4.69, 9.17) is 9.47 Å². The SMILES string of the molecule is CCCCOC(=O)C(C)(C)CCNC(=O)OCC1c2ccccc2-c2ccccc21. The van der Waals surface area contributed by atoms with Gasteiger partial charge in [0.05, 0.1) is 12.0 Å². The van der Waals surface area contributed by atoms with Crippen LogP contribution in [-0.2, 0) is 14.3 Å². The highest BCUT2D eigenvalue weighted by Gasteiger charge is 2.30. The fourth-order valence-corrected chi connectivity index (χ4v) is 3.73. The summed E-state index contributed by atoms with van der Waals surface area (Å²) in [6.07, 6.45) is 1.87. The van der Waals surface area contributed by atoms with E-state index in [1.807, 2.05) is 38.1 Å². The van der Waals surface area contributed by atoms with Crippen LogP contribution < -0.4 is 5.32 Å². The summed E-state index contributed by atoms with van der Waals surface area (Å²) in [6.45, 7) is 6.80. The minimum Gasteiger partial charge on any atom is -0.465 e. The fourth-order valence-electron chi connectivity index (χ4n) is 3.73. The van der Waals surface area contributed by atoms with Gasteiger partial charge in [-0.15, -0.1) is 0 Å². The molecule has 1 aliphatic rings. The first-order valence-corrected chi connectivity index (χ1v) is 10.7. The van der Waals surface area contributed by atoms with Crippen molar-refractivity contribution in [1.82, 2.24) is 5.32 Å². The molecular weight excluding hydrogens is 378 g/mol. The number of hydrogen-bond donors (Lipinski definition) is 1. The minimum atomic E-state index is -0.648. The van der Waals surface area contributed by atoms with Gasteiger partial charge >= 0.3 is 12.1 Å². The van der Waals surface area contributed by atoms with E-state index in [0.717, 1.165) is 12.8 Å². The Morgan fingerprint density at radius 3 is 2.17 bits per heavy atom. The van der Waals surface area contributed by atoms with Crippen molar-refractivity contribution < 1.29 is 19.1 Å². The van der Waals surface area contributed by atoms with Crippen LogP contribution in [0.2, 0.25) is 0 Å². The van der Waals surface area contributed by atoms with Gasteiger partial charge in [0.1, 0.15) is 6.61 Å². The summed E-state index contributed by atoms with van der Waals surface area (Å²) in [4.78, 5) is 24.4. The van der Waals surface area contributed by atoms with Gasteiger partial charge in [0.15, 0.2) is 0 Å². The number of fused-ring (bicyclic) bond motifs is 3. The quantitative estimate of drug-likeness (QED) is 0.452. The maximum atomic E-state index is 12.2. The van der Waals surface area contributed by atoms with Crippen molar-refractivity contribution in [2.45, 2.75) is 46.0 Å². The number of ether oxygens (including phenoxy) is 2. The van der Waals surface area contributed by atoms with Gasteiger partial charge in [-0.05, 0) is 48.9 Å². The van der Waals surface area contributed by atoms with Crippen LogP contribution in [0.3, 0.4) is 0 Å². The number of esters is 1. The monoisotopic (exact) mass is 409 g/mol. The van der Waals surface area contributed by atoms with Crippen LogP contribution in [0.5, 0.6) is 0 Å². The molecule has 0 aromatic heterocycles. The molecule has 0 fully saturated rings. The zero-order chi connectivity index (χ0) is 21.6. The maximum absolute atomic E-state index is 12.2. The Bertz CT molecular complexity index is 845. The summed E-state index contributed by atoms with van der Waals surface area (Å²) in [6, 6.07) is 16.5. The second kappa shape index (κ2) is 9.79. The number of unbranched alkanes of at least 4 members (excludes halogenated alkanes) is 1. The predicted octanol–water partition coefficient (Wildman–Crippen LogP) is 5.28. The number of benzene rings is 2. The smallest absolute Gasteiger partial charge is 0.407 e. The van der Waals surface area contributed by atoms with E-state index in [2.05, 4.69) is 36.5 Å².